The van der Waals surface area contributed by atoms with Gasteiger partial charge in [-0.25, -0.2) is 18.8 Å². The van der Waals surface area contributed by atoms with Crippen LogP contribution in [0.1, 0.15) is 117 Å². The molecule has 0 aliphatic carbocycles. The van der Waals surface area contributed by atoms with Crippen LogP contribution in [0.4, 0.5) is 19.7 Å². The SMILES string of the molecule is CC(C)(C)OC(=O)CN(Cc1ccc(F)c(C(C)(C)C)c1)C(=O)CCc1ccc(OC(=O)c2ccc(N/C(=N\C(=O)OC(C)(C)C)NC(=O)OC(C)(C)C)cc2)cc1Cl. The van der Waals surface area contributed by atoms with Crippen LogP contribution in [0, 0.1) is 5.82 Å². The van der Waals surface area contributed by atoms with Gasteiger partial charge < -0.3 is 29.2 Å². The Morgan fingerprint density at radius 2 is 1.37 bits per heavy atom. The van der Waals surface area contributed by atoms with E-state index in [1.165, 1.54) is 41.3 Å². The first-order valence-corrected chi connectivity index (χ1v) is 19.4. The smallest absolute Gasteiger partial charge is 0.437 e. The minimum atomic E-state index is -0.954. The Morgan fingerprint density at radius 1 is 0.763 bits per heavy atom. The van der Waals surface area contributed by atoms with Crippen molar-refractivity contribution in [3.8, 4) is 5.75 Å². The Hall–Kier alpha value is -5.50. The topological polar surface area (TPSA) is 162 Å². The number of ether oxygens (including phenoxy) is 4. The Labute approximate surface area is 351 Å². The van der Waals surface area contributed by atoms with Crippen molar-refractivity contribution in [3.63, 3.8) is 0 Å². The van der Waals surface area contributed by atoms with Gasteiger partial charge in [-0.2, -0.15) is 0 Å². The van der Waals surface area contributed by atoms with Gasteiger partial charge in [-0.15, -0.1) is 4.99 Å². The van der Waals surface area contributed by atoms with Gasteiger partial charge in [0.2, 0.25) is 11.9 Å². The van der Waals surface area contributed by atoms with Gasteiger partial charge in [-0.05, 0) is 133 Å². The molecule has 0 heterocycles. The van der Waals surface area contributed by atoms with Crippen LogP contribution in [0.3, 0.4) is 0 Å². The second-order valence-corrected chi connectivity index (χ2v) is 18.2. The molecule has 3 aromatic carbocycles. The van der Waals surface area contributed by atoms with Crippen LogP contribution in [0.2, 0.25) is 5.02 Å². The number of amides is 3. The summed E-state index contributed by atoms with van der Waals surface area (Å²) in [5.74, 6) is -2.08. The number of benzene rings is 3. The van der Waals surface area contributed by atoms with Crippen LogP contribution < -0.4 is 15.4 Å². The largest absolute Gasteiger partial charge is 0.459 e. The number of anilines is 1. The molecule has 13 nitrogen and oxygen atoms in total. The number of halogens is 2. The predicted octanol–water partition coefficient (Wildman–Crippen LogP) is 9.53. The van der Waals surface area contributed by atoms with Gasteiger partial charge in [0.1, 0.15) is 34.9 Å². The second-order valence-electron chi connectivity index (χ2n) is 17.8. The third-order valence-electron chi connectivity index (χ3n) is 7.75. The number of hydrogen-bond donors (Lipinski definition) is 2. The minimum Gasteiger partial charge on any atom is -0.459 e. The van der Waals surface area contributed by atoms with Crippen molar-refractivity contribution in [2.24, 2.45) is 4.99 Å². The first-order valence-electron chi connectivity index (χ1n) is 19.0. The van der Waals surface area contributed by atoms with E-state index >= 15 is 0 Å². The first kappa shape index (κ1) is 47.9. The highest BCUT2D eigenvalue weighted by Crippen LogP contribution is 2.28. The van der Waals surface area contributed by atoms with E-state index in [1.54, 1.807) is 86.6 Å². The Morgan fingerprint density at radius 3 is 1.93 bits per heavy atom. The molecular weight excluding hydrogens is 783 g/mol. The fraction of sp³-hybridized carbons (Fsp3) is 0.455. The number of guanidine groups is 1. The molecule has 59 heavy (non-hydrogen) atoms. The number of hydrogen-bond acceptors (Lipinski definition) is 9. The molecule has 3 rings (SSSR count). The lowest BCUT2D eigenvalue weighted by molar-refractivity contribution is -0.159. The van der Waals surface area contributed by atoms with Crippen molar-refractivity contribution >= 4 is 53.3 Å². The summed E-state index contributed by atoms with van der Waals surface area (Å²) >= 11 is 6.58. The summed E-state index contributed by atoms with van der Waals surface area (Å²) in [6.45, 7) is 20.7. The maximum Gasteiger partial charge on any atom is 0.437 e. The Bertz CT molecular complexity index is 2040. The van der Waals surface area contributed by atoms with Crippen molar-refractivity contribution < 1.29 is 47.3 Å². The molecule has 0 radical (unpaired) electrons. The Kier molecular flexibility index (Phi) is 15.8. The van der Waals surface area contributed by atoms with E-state index in [1.807, 2.05) is 20.8 Å². The summed E-state index contributed by atoms with van der Waals surface area (Å²) in [4.78, 5) is 69.5. The monoisotopic (exact) mass is 838 g/mol. The number of nitrogens with zero attached hydrogens (tertiary/aromatic N) is 2. The van der Waals surface area contributed by atoms with Crippen LogP contribution in [0.15, 0.2) is 65.7 Å². The predicted molar refractivity (Wildman–Crippen MR) is 224 cm³/mol. The zero-order chi connectivity index (χ0) is 44.5. The number of aliphatic imine (C=N–C) groups is 1. The number of rotatable bonds is 10. The number of carbonyl (C=O) groups is 5. The Balaban J connectivity index is 1.70. The lowest BCUT2D eigenvalue weighted by Crippen LogP contribution is -2.40. The fourth-order valence-electron chi connectivity index (χ4n) is 5.28. The van der Waals surface area contributed by atoms with Gasteiger partial charge in [0.25, 0.3) is 0 Å². The number of aryl methyl sites for hydroxylation is 1. The lowest BCUT2D eigenvalue weighted by atomic mass is 9.85. The average Bonchev–Trinajstić information content (AvgIpc) is 3.05. The highest BCUT2D eigenvalue weighted by Gasteiger charge is 2.25. The van der Waals surface area contributed by atoms with Crippen LogP contribution in [0.25, 0.3) is 0 Å². The lowest BCUT2D eigenvalue weighted by Gasteiger charge is -2.26. The van der Waals surface area contributed by atoms with Gasteiger partial charge in [0.15, 0.2) is 0 Å². The standard InChI is InChI=1S/C44H56ClFN4O9/c1-41(2,3)32-23-27(13-21-34(32)46)25-50(26-36(52)57-42(4,5)6)35(51)22-17-28-16-20-31(24-33(28)45)56-37(53)29-14-18-30(19-15-29)47-38(48-39(54)58-43(7,8)9)49-40(55)59-44(10,11)12/h13-16,18-21,23-24H,17,22,25-26H2,1-12H3,(H2,47,48,49,54,55). The average molecular weight is 839 g/mol. The number of esters is 2. The molecule has 0 fully saturated rings. The van der Waals surface area contributed by atoms with E-state index in [9.17, 15) is 28.4 Å². The van der Waals surface area contributed by atoms with Gasteiger partial charge in [-0.1, -0.05) is 50.6 Å². The number of nitrogens with one attached hydrogen (secondary N) is 2. The zero-order valence-corrected chi connectivity index (χ0v) is 36.7. The summed E-state index contributed by atoms with van der Waals surface area (Å²) in [6.07, 6.45) is -1.61. The highest BCUT2D eigenvalue weighted by atomic mass is 35.5. The van der Waals surface area contributed by atoms with Crippen molar-refractivity contribution in [3.05, 3.63) is 93.8 Å². The third-order valence-corrected chi connectivity index (χ3v) is 8.10. The molecule has 0 aromatic heterocycles. The van der Waals surface area contributed by atoms with Crippen molar-refractivity contribution in [1.29, 1.82) is 0 Å². The molecule has 0 spiro atoms. The maximum atomic E-state index is 14.6. The maximum absolute atomic E-state index is 14.6. The molecule has 2 N–H and O–H groups in total. The number of carbonyl (C=O) groups excluding carboxylic acids is 5. The van der Waals surface area contributed by atoms with Crippen molar-refractivity contribution in [2.45, 2.75) is 125 Å². The van der Waals surface area contributed by atoms with Crippen LogP contribution in [0.5, 0.6) is 5.75 Å². The van der Waals surface area contributed by atoms with Crippen LogP contribution in [-0.4, -0.2) is 64.2 Å². The summed E-state index contributed by atoms with van der Waals surface area (Å²) in [6, 6.07) is 15.3. The summed E-state index contributed by atoms with van der Waals surface area (Å²) < 4.78 is 36.2. The van der Waals surface area contributed by atoms with E-state index in [0.29, 0.717) is 22.4 Å². The van der Waals surface area contributed by atoms with E-state index in [2.05, 4.69) is 15.6 Å². The van der Waals surface area contributed by atoms with E-state index in [0.717, 1.165) is 0 Å². The van der Waals surface area contributed by atoms with E-state index in [4.69, 9.17) is 30.5 Å². The van der Waals surface area contributed by atoms with Gasteiger partial charge in [-0.3, -0.25) is 14.9 Å². The molecular formula is C44H56ClFN4O9. The first-order chi connectivity index (χ1) is 27.1. The molecule has 0 saturated carbocycles. The van der Waals surface area contributed by atoms with E-state index in [-0.39, 0.29) is 60.0 Å². The number of alkyl carbamates (subject to hydrolysis) is 1. The molecule has 3 amide bonds. The van der Waals surface area contributed by atoms with Gasteiger partial charge in [0.05, 0.1) is 5.56 Å². The highest BCUT2D eigenvalue weighted by molar-refractivity contribution is 6.31. The zero-order valence-electron chi connectivity index (χ0n) is 35.9. The quantitative estimate of drug-likeness (QED) is 0.0661. The molecule has 3 aromatic rings. The molecule has 0 bridgehead atoms. The molecule has 320 valence electrons. The fourth-order valence-corrected chi connectivity index (χ4v) is 5.54. The minimum absolute atomic E-state index is 0.00709. The molecule has 0 saturated heterocycles. The van der Waals surface area contributed by atoms with Crippen molar-refractivity contribution in [2.75, 3.05) is 11.9 Å². The molecule has 0 atom stereocenters. The molecule has 0 unspecified atom stereocenters. The van der Waals surface area contributed by atoms with Gasteiger partial charge in [0, 0.05) is 23.7 Å². The normalized spacial score (nSPS) is 12.3. The summed E-state index contributed by atoms with van der Waals surface area (Å²) in [5, 5.41) is 5.46. The second kappa shape index (κ2) is 19.5. The summed E-state index contributed by atoms with van der Waals surface area (Å²) in [7, 11) is 0. The van der Waals surface area contributed by atoms with E-state index < -0.39 is 46.3 Å². The van der Waals surface area contributed by atoms with Crippen molar-refractivity contribution in [1.82, 2.24) is 10.2 Å². The third kappa shape index (κ3) is 17.1. The van der Waals surface area contributed by atoms with Crippen LogP contribution >= 0.6 is 11.6 Å². The molecule has 0 aliphatic heterocycles. The molecule has 0 aliphatic rings. The van der Waals surface area contributed by atoms with Crippen LogP contribution in [-0.2, 0) is 42.2 Å². The molecule has 15 heteroatoms. The van der Waals surface area contributed by atoms with Gasteiger partial charge >= 0.3 is 24.1 Å². The summed E-state index contributed by atoms with van der Waals surface area (Å²) in [5.41, 5.74) is -0.591.